The number of ether oxygens (including phenoxy) is 1. The average Bonchev–Trinajstić information content (AvgIpc) is 3.26. The molecule has 11 heteroatoms. The minimum Gasteiger partial charge on any atom is -0.468 e. The summed E-state index contributed by atoms with van der Waals surface area (Å²) in [5.74, 6) is 0.200. The number of hydrogen-bond acceptors (Lipinski definition) is 8. The molecule has 4 rings (SSSR count). The zero-order valence-electron chi connectivity index (χ0n) is 15.0. The van der Waals surface area contributed by atoms with Crippen LogP contribution in [0.5, 0.6) is 5.88 Å². The quantitative estimate of drug-likeness (QED) is 0.476. The fourth-order valence-electron chi connectivity index (χ4n) is 2.58. The van der Waals surface area contributed by atoms with Crippen LogP contribution in [0.3, 0.4) is 0 Å². The molecule has 0 atom stereocenters. The molecule has 142 valence electrons. The number of aromatic nitrogens is 7. The maximum absolute atomic E-state index is 10.9. The van der Waals surface area contributed by atoms with E-state index >= 15 is 0 Å². The number of amides is 1. The van der Waals surface area contributed by atoms with Gasteiger partial charge in [-0.2, -0.15) is 15.2 Å². The highest BCUT2D eigenvalue weighted by Crippen LogP contribution is 2.17. The van der Waals surface area contributed by atoms with E-state index in [1.165, 1.54) is 0 Å². The molecule has 4 heterocycles. The highest BCUT2D eigenvalue weighted by molar-refractivity contribution is 5.75. The average molecular weight is 379 g/mol. The smallest absolute Gasteiger partial charge is 0.255 e. The third kappa shape index (κ3) is 3.87. The molecule has 11 nitrogen and oxygen atoms in total. The monoisotopic (exact) mass is 379 g/mol. The lowest BCUT2D eigenvalue weighted by Crippen LogP contribution is -2.20. The highest BCUT2D eigenvalue weighted by Gasteiger charge is 2.10. The summed E-state index contributed by atoms with van der Waals surface area (Å²) in [6.07, 6.45) is 6.90. The number of nitrogens with one attached hydrogen (secondary N) is 1. The lowest BCUT2D eigenvalue weighted by Gasteiger charge is -2.07. The van der Waals surface area contributed by atoms with Gasteiger partial charge in [0.1, 0.15) is 0 Å². The molecule has 0 spiro atoms. The Labute approximate surface area is 159 Å². The Morgan fingerprint density at radius 1 is 1.21 bits per heavy atom. The lowest BCUT2D eigenvalue weighted by atomic mass is 10.3. The second-order valence-corrected chi connectivity index (χ2v) is 6.02. The van der Waals surface area contributed by atoms with Crippen molar-refractivity contribution in [3.8, 4) is 5.88 Å². The van der Waals surface area contributed by atoms with Crippen LogP contribution in [0.1, 0.15) is 5.69 Å². The lowest BCUT2D eigenvalue weighted by molar-refractivity contribution is -0.120. The summed E-state index contributed by atoms with van der Waals surface area (Å²) >= 11 is 0. The van der Waals surface area contributed by atoms with Crippen LogP contribution in [-0.2, 0) is 18.4 Å². The number of hydrogen-bond donors (Lipinski definition) is 2. The molecule has 1 amide bonds. The maximum atomic E-state index is 10.9. The van der Waals surface area contributed by atoms with Crippen molar-refractivity contribution in [2.24, 2.45) is 12.8 Å². The first-order valence-electron chi connectivity index (χ1n) is 8.38. The predicted octanol–water partition coefficient (Wildman–Crippen LogP) is 0.611. The Balaban J connectivity index is 1.56. The summed E-state index contributed by atoms with van der Waals surface area (Å²) in [5.41, 5.74) is 7.24. The number of primary amides is 1. The van der Waals surface area contributed by atoms with Crippen molar-refractivity contribution in [1.29, 1.82) is 0 Å². The fourth-order valence-corrected chi connectivity index (χ4v) is 2.58. The van der Waals surface area contributed by atoms with Crippen molar-refractivity contribution in [1.82, 2.24) is 34.5 Å². The Bertz CT molecular complexity index is 1130. The van der Waals surface area contributed by atoms with Crippen molar-refractivity contribution in [3.63, 3.8) is 0 Å². The standard InChI is InChI=1S/C17H17N9O2/c1-25-8-13(7-20-25)23-17-19-5-11-6-21-26(16(11)24-17)9-12-3-2-4-15(22-12)28-10-14(18)27/h2-8H,9-10H2,1H3,(H2,18,27)(H,19,23,24). The van der Waals surface area contributed by atoms with Gasteiger partial charge in [0.25, 0.3) is 5.91 Å². The topological polar surface area (TPSA) is 139 Å². The van der Waals surface area contributed by atoms with E-state index < -0.39 is 5.91 Å². The molecule has 3 N–H and O–H groups in total. The molecule has 4 aromatic rings. The molecule has 0 aliphatic heterocycles. The molecule has 4 aromatic heterocycles. The first kappa shape index (κ1) is 17.4. The molecule has 28 heavy (non-hydrogen) atoms. The number of pyridine rings is 1. The minimum absolute atomic E-state index is 0.224. The van der Waals surface area contributed by atoms with Crippen LogP contribution >= 0.6 is 0 Å². The van der Waals surface area contributed by atoms with Crippen LogP contribution in [-0.4, -0.2) is 47.0 Å². The van der Waals surface area contributed by atoms with E-state index in [9.17, 15) is 4.79 Å². The van der Waals surface area contributed by atoms with Crippen molar-refractivity contribution >= 4 is 28.6 Å². The van der Waals surface area contributed by atoms with Crippen LogP contribution in [0.15, 0.2) is 43.0 Å². The first-order valence-corrected chi connectivity index (χ1v) is 8.38. The molecule has 0 saturated heterocycles. The van der Waals surface area contributed by atoms with Gasteiger partial charge >= 0.3 is 0 Å². The molecule has 0 aromatic carbocycles. The third-order valence-electron chi connectivity index (χ3n) is 3.79. The van der Waals surface area contributed by atoms with E-state index in [1.807, 2.05) is 19.3 Å². The summed E-state index contributed by atoms with van der Waals surface area (Å²) in [5, 5.41) is 12.4. The zero-order valence-corrected chi connectivity index (χ0v) is 15.0. The van der Waals surface area contributed by atoms with Gasteiger partial charge in [-0.15, -0.1) is 0 Å². The van der Waals surface area contributed by atoms with Gasteiger partial charge < -0.3 is 15.8 Å². The molecule has 0 fully saturated rings. The van der Waals surface area contributed by atoms with Crippen molar-refractivity contribution in [3.05, 3.63) is 48.7 Å². The predicted molar refractivity (Wildman–Crippen MR) is 99.8 cm³/mol. The SMILES string of the molecule is Cn1cc(Nc2ncc3cnn(Cc4cccc(OCC(N)=O)n4)c3n2)cn1. The summed E-state index contributed by atoms with van der Waals surface area (Å²) in [7, 11) is 1.83. The van der Waals surface area contributed by atoms with Gasteiger partial charge in [0.15, 0.2) is 12.3 Å². The van der Waals surface area contributed by atoms with Crippen LogP contribution in [0.25, 0.3) is 11.0 Å². The molecular formula is C17H17N9O2. The normalized spacial score (nSPS) is 10.9. The van der Waals surface area contributed by atoms with E-state index in [4.69, 9.17) is 10.5 Å². The number of carbonyl (C=O) groups is 1. The molecular weight excluding hydrogens is 362 g/mol. The number of rotatable bonds is 7. The summed E-state index contributed by atoms with van der Waals surface area (Å²) in [4.78, 5) is 24.0. The highest BCUT2D eigenvalue weighted by atomic mass is 16.5. The van der Waals surface area contributed by atoms with Crippen molar-refractivity contribution in [2.75, 3.05) is 11.9 Å². The second kappa shape index (κ2) is 7.31. The summed E-state index contributed by atoms with van der Waals surface area (Å²) < 4.78 is 8.64. The maximum Gasteiger partial charge on any atom is 0.255 e. The van der Waals surface area contributed by atoms with Gasteiger partial charge in [0.2, 0.25) is 11.8 Å². The van der Waals surface area contributed by atoms with Crippen molar-refractivity contribution in [2.45, 2.75) is 6.54 Å². The Morgan fingerprint density at radius 2 is 2.11 bits per heavy atom. The van der Waals surface area contributed by atoms with Gasteiger partial charge in [-0.25, -0.2) is 14.6 Å². The molecule has 0 bridgehead atoms. The van der Waals surface area contributed by atoms with E-state index in [0.717, 1.165) is 11.1 Å². The van der Waals surface area contributed by atoms with Crippen molar-refractivity contribution < 1.29 is 9.53 Å². The molecule has 0 saturated carbocycles. The number of nitrogens with zero attached hydrogens (tertiary/aromatic N) is 7. The van der Waals surface area contributed by atoms with Crippen LogP contribution in [0, 0.1) is 0 Å². The van der Waals surface area contributed by atoms with Gasteiger partial charge in [-0.1, -0.05) is 6.07 Å². The molecule has 0 aliphatic carbocycles. The van der Waals surface area contributed by atoms with Crippen LogP contribution < -0.4 is 15.8 Å². The largest absolute Gasteiger partial charge is 0.468 e. The van der Waals surface area contributed by atoms with E-state index in [0.29, 0.717) is 29.7 Å². The number of carbonyl (C=O) groups excluding carboxylic acids is 1. The van der Waals surface area contributed by atoms with E-state index in [-0.39, 0.29) is 6.61 Å². The van der Waals surface area contributed by atoms with Crippen LogP contribution in [0.2, 0.25) is 0 Å². The fraction of sp³-hybridized carbons (Fsp3) is 0.176. The van der Waals surface area contributed by atoms with E-state index in [1.54, 1.807) is 40.1 Å². The first-order chi connectivity index (χ1) is 13.6. The van der Waals surface area contributed by atoms with Crippen LogP contribution in [0.4, 0.5) is 11.6 Å². The third-order valence-corrected chi connectivity index (χ3v) is 3.79. The summed E-state index contributed by atoms with van der Waals surface area (Å²) in [6, 6.07) is 5.28. The number of aryl methyl sites for hydroxylation is 1. The van der Waals surface area contributed by atoms with Gasteiger partial charge in [-0.05, 0) is 6.07 Å². The van der Waals surface area contributed by atoms with Gasteiger partial charge in [-0.3, -0.25) is 9.48 Å². The Hall–Kier alpha value is -4.02. The minimum atomic E-state index is -0.560. The zero-order chi connectivity index (χ0) is 19.5. The molecule has 0 unspecified atom stereocenters. The van der Waals surface area contributed by atoms with Gasteiger partial charge in [0.05, 0.1) is 35.7 Å². The number of fused-ring (bicyclic) bond motifs is 1. The summed E-state index contributed by atoms with van der Waals surface area (Å²) in [6.45, 7) is 0.151. The number of nitrogens with two attached hydrogens (primary N) is 1. The second-order valence-electron chi connectivity index (χ2n) is 6.02. The van der Waals surface area contributed by atoms with Gasteiger partial charge in [0, 0.05) is 25.5 Å². The molecule has 0 aliphatic rings. The molecule has 0 radical (unpaired) electrons. The Morgan fingerprint density at radius 3 is 2.89 bits per heavy atom. The van der Waals surface area contributed by atoms with E-state index in [2.05, 4.69) is 30.5 Å². The number of anilines is 2. The Kier molecular flexibility index (Phi) is 4.54.